The topological polar surface area (TPSA) is 63.0 Å². The predicted octanol–water partition coefficient (Wildman–Crippen LogP) is 2.98. The van der Waals surface area contributed by atoms with E-state index < -0.39 is 0 Å². The van der Waals surface area contributed by atoms with Crippen molar-refractivity contribution in [3.05, 3.63) is 60.1 Å². The second-order valence-corrected chi connectivity index (χ2v) is 7.04. The van der Waals surface area contributed by atoms with E-state index in [1.165, 1.54) is 0 Å². The van der Waals surface area contributed by atoms with Crippen LogP contribution in [-0.4, -0.2) is 55.0 Å². The Balaban J connectivity index is 2.07. The molecule has 1 aromatic heterocycles. The second-order valence-electron chi connectivity index (χ2n) is 7.04. The van der Waals surface area contributed by atoms with Crippen LogP contribution >= 0.6 is 0 Å². The highest BCUT2D eigenvalue weighted by atomic mass is 16.5. The van der Waals surface area contributed by atoms with Crippen molar-refractivity contribution in [3.63, 3.8) is 0 Å². The van der Waals surface area contributed by atoms with Crippen molar-refractivity contribution in [2.45, 2.75) is 26.8 Å². The summed E-state index contributed by atoms with van der Waals surface area (Å²) in [6.07, 6.45) is 2.34. The lowest BCUT2D eigenvalue weighted by molar-refractivity contribution is -0.143. The van der Waals surface area contributed by atoms with Crippen molar-refractivity contribution in [3.8, 4) is 0 Å². The van der Waals surface area contributed by atoms with Gasteiger partial charge in [-0.2, -0.15) is 0 Å². The first-order chi connectivity index (χ1) is 13.5. The third kappa shape index (κ3) is 6.85. The molecule has 0 aliphatic carbocycles. The quantitative estimate of drug-likeness (QED) is 0.596. The van der Waals surface area contributed by atoms with Crippen LogP contribution in [0, 0.1) is 5.92 Å². The van der Waals surface area contributed by atoms with Crippen molar-refractivity contribution in [2.75, 3.05) is 33.4 Å². The number of rotatable bonds is 11. The van der Waals surface area contributed by atoms with E-state index in [0.717, 1.165) is 17.7 Å². The smallest absolute Gasteiger partial charge is 0.242 e. The number of ether oxygens (including phenoxy) is 1. The molecule has 2 aromatic rings. The number of carbonyl (C=O) groups excluding carboxylic acids is 2. The highest BCUT2D eigenvalue weighted by Gasteiger charge is 2.23. The van der Waals surface area contributed by atoms with E-state index in [9.17, 15) is 9.59 Å². The van der Waals surface area contributed by atoms with Crippen LogP contribution in [-0.2, 0) is 27.3 Å². The van der Waals surface area contributed by atoms with Gasteiger partial charge in [0.25, 0.3) is 0 Å². The number of hydrogen-bond donors (Lipinski definition) is 0. The van der Waals surface area contributed by atoms with Gasteiger partial charge >= 0.3 is 0 Å². The maximum Gasteiger partial charge on any atom is 0.242 e. The summed E-state index contributed by atoms with van der Waals surface area (Å²) < 4.78 is 10.5. The van der Waals surface area contributed by atoms with Crippen molar-refractivity contribution in [1.82, 2.24) is 9.80 Å². The Morgan fingerprint density at radius 1 is 1.04 bits per heavy atom. The molecule has 0 atom stereocenters. The molecule has 0 unspecified atom stereocenters. The lowest BCUT2D eigenvalue weighted by atomic mass is 10.1. The Hall–Kier alpha value is -2.60. The number of furan rings is 1. The van der Waals surface area contributed by atoms with E-state index >= 15 is 0 Å². The molecule has 0 spiro atoms. The van der Waals surface area contributed by atoms with Gasteiger partial charge in [-0.05, 0) is 24.1 Å². The van der Waals surface area contributed by atoms with Crippen molar-refractivity contribution >= 4 is 11.8 Å². The zero-order valence-electron chi connectivity index (χ0n) is 17.0. The molecule has 6 nitrogen and oxygen atoms in total. The molecular weight excluding hydrogens is 356 g/mol. The first kappa shape index (κ1) is 21.7. The Bertz CT molecular complexity index is 713. The number of benzene rings is 1. The maximum atomic E-state index is 13.0. The summed E-state index contributed by atoms with van der Waals surface area (Å²) in [6, 6.07) is 13.7. The zero-order chi connectivity index (χ0) is 20.4. The highest BCUT2D eigenvalue weighted by Crippen LogP contribution is 2.10. The van der Waals surface area contributed by atoms with Gasteiger partial charge in [-0.3, -0.25) is 9.59 Å². The molecule has 0 aliphatic heterocycles. The Morgan fingerprint density at radius 3 is 2.39 bits per heavy atom. The summed E-state index contributed by atoms with van der Waals surface area (Å²) >= 11 is 0. The monoisotopic (exact) mass is 386 g/mol. The molecule has 0 saturated heterocycles. The lowest BCUT2D eigenvalue weighted by Crippen LogP contribution is -2.45. The predicted molar refractivity (Wildman–Crippen MR) is 108 cm³/mol. The average molecular weight is 386 g/mol. The van der Waals surface area contributed by atoms with Gasteiger partial charge in [0.15, 0.2) is 0 Å². The molecule has 2 rings (SSSR count). The number of carbonyl (C=O) groups is 2. The van der Waals surface area contributed by atoms with E-state index in [-0.39, 0.29) is 24.3 Å². The summed E-state index contributed by atoms with van der Waals surface area (Å²) in [5.74, 6) is 0.399. The van der Waals surface area contributed by atoms with E-state index in [1.54, 1.807) is 23.2 Å². The van der Waals surface area contributed by atoms with Crippen molar-refractivity contribution < 1.29 is 18.7 Å². The summed E-state index contributed by atoms with van der Waals surface area (Å²) in [4.78, 5) is 28.9. The van der Waals surface area contributed by atoms with Crippen LogP contribution in [0.15, 0.2) is 53.1 Å². The van der Waals surface area contributed by atoms with Crippen LogP contribution in [0.2, 0.25) is 0 Å². The van der Waals surface area contributed by atoms with E-state index in [2.05, 4.69) is 0 Å². The summed E-state index contributed by atoms with van der Waals surface area (Å²) in [7, 11) is 1.59. The maximum absolute atomic E-state index is 13.0. The molecule has 0 bridgehead atoms. The van der Waals surface area contributed by atoms with Gasteiger partial charge in [0, 0.05) is 26.1 Å². The fourth-order valence-corrected chi connectivity index (χ4v) is 2.89. The van der Waals surface area contributed by atoms with Gasteiger partial charge in [0.2, 0.25) is 11.8 Å². The summed E-state index contributed by atoms with van der Waals surface area (Å²) in [5, 5.41) is 0. The van der Waals surface area contributed by atoms with E-state index in [1.807, 2.05) is 56.3 Å². The molecule has 1 aromatic carbocycles. The standard InChI is InChI=1S/C22H30N2O4/c1-18(2)22(26)24(13-15-27-3)17-21(25)23(16-20-10-7-14-28-20)12-11-19-8-5-4-6-9-19/h4-10,14,18H,11-13,15-17H2,1-3H3. The third-order valence-electron chi connectivity index (χ3n) is 4.49. The normalized spacial score (nSPS) is 10.9. The number of methoxy groups -OCH3 is 1. The van der Waals surface area contributed by atoms with Crippen LogP contribution in [0.1, 0.15) is 25.2 Å². The second kappa shape index (κ2) is 11.3. The van der Waals surface area contributed by atoms with Gasteiger partial charge in [0.1, 0.15) is 5.76 Å². The molecule has 6 heteroatoms. The minimum absolute atomic E-state index is 0.0376. The molecule has 0 saturated carbocycles. The molecule has 28 heavy (non-hydrogen) atoms. The van der Waals surface area contributed by atoms with Gasteiger partial charge in [-0.15, -0.1) is 0 Å². The highest BCUT2D eigenvalue weighted by molar-refractivity contribution is 5.85. The van der Waals surface area contributed by atoms with Gasteiger partial charge < -0.3 is 19.0 Å². The van der Waals surface area contributed by atoms with Crippen molar-refractivity contribution in [1.29, 1.82) is 0 Å². The molecule has 0 N–H and O–H groups in total. The van der Waals surface area contributed by atoms with Crippen LogP contribution in [0.3, 0.4) is 0 Å². The van der Waals surface area contributed by atoms with Crippen LogP contribution in [0.5, 0.6) is 0 Å². The van der Waals surface area contributed by atoms with Crippen LogP contribution < -0.4 is 0 Å². The molecule has 0 radical (unpaired) electrons. The molecule has 152 valence electrons. The minimum Gasteiger partial charge on any atom is -0.467 e. The molecule has 1 heterocycles. The molecule has 2 amide bonds. The third-order valence-corrected chi connectivity index (χ3v) is 4.49. The number of amides is 2. The Labute approximate surface area is 167 Å². The van der Waals surface area contributed by atoms with Crippen LogP contribution in [0.4, 0.5) is 0 Å². The Morgan fingerprint density at radius 2 is 1.79 bits per heavy atom. The van der Waals surface area contributed by atoms with Crippen molar-refractivity contribution in [2.24, 2.45) is 5.92 Å². The Kier molecular flexibility index (Phi) is 8.75. The number of hydrogen-bond acceptors (Lipinski definition) is 4. The fraction of sp³-hybridized carbons (Fsp3) is 0.455. The summed E-state index contributed by atoms with van der Waals surface area (Å²) in [6.45, 7) is 5.44. The molecular formula is C22H30N2O4. The first-order valence-corrected chi connectivity index (χ1v) is 9.63. The van der Waals surface area contributed by atoms with E-state index in [4.69, 9.17) is 9.15 Å². The van der Waals surface area contributed by atoms with Crippen LogP contribution in [0.25, 0.3) is 0 Å². The molecule has 0 aliphatic rings. The zero-order valence-corrected chi connectivity index (χ0v) is 17.0. The fourth-order valence-electron chi connectivity index (χ4n) is 2.89. The lowest BCUT2D eigenvalue weighted by Gasteiger charge is -2.28. The van der Waals surface area contributed by atoms with Gasteiger partial charge in [0.05, 0.1) is 26.0 Å². The van der Waals surface area contributed by atoms with Gasteiger partial charge in [-0.1, -0.05) is 44.2 Å². The number of nitrogens with zero attached hydrogens (tertiary/aromatic N) is 2. The van der Waals surface area contributed by atoms with E-state index in [0.29, 0.717) is 26.2 Å². The molecule has 0 fully saturated rings. The first-order valence-electron chi connectivity index (χ1n) is 9.63. The largest absolute Gasteiger partial charge is 0.467 e. The SMILES string of the molecule is COCCN(CC(=O)N(CCc1ccccc1)Cc1ccco1)C(=O)C(C)C. The summed E-state index contributed by atoms with van der Waals surface area (Å²) in [5.41, 5.74) is 1.16. The van der Waals surface area contributed by atoms with Gasteiger partial charge in [-0.25, -0.2) is 0 Å². The average Bonchev–Trinajstić information content (AvgIpc) is 3.21. The minimum atomic E-state index is -0.174.